The Kier molecular flexibility index (Phi) is 4.85. The summed E-state index contributed by atoms with van der Waals surface area (Å²) in [6.07, 6.45) is 0.0236. The number of nitrogens with zero attached hydrogens (tertiary/aromatic N) is 3. The molecular formula is C14H18N4O2S. The first-order valence-corrected chi connectivity index (χ1v) is 7.59. The molecule has 0 bridgehead atoms. The molecule has 0 aliphatic carbocycles. The molecular weight excluding hydrogens is 288 g/mol. The van der Waals surface area contributed by atoms with Crippen LogP contribution >= 0.6 is 11.8 Å². The average Bonchev–Trinajstić information content (AvgIpc) is 2.78. The molecule has 6 nitrogen and oxygen atoms in total. The van der Waals surface area contributed by atoms with Gasteiger partial charge in [0.25, 0.3) is 0 Å². The zero-order valence-corrected chi connectivity index (χ0v) is 12.8. The van der Waals surface area contributed by atoms with Crippen molar-refractivity contribution in [2.45, 2.75) is 37.2 Å². The van der Waals surface area contributed by atoms with E-state index in [4.69, 9.17) is 10.8 Å². The summed E-state index contributed by atoms with van der Waals surface area (Å²) in [6.45, 7) is 4.03. The number of anilines is 1. The van der Waals surface area contributed by atoms with Gasteiger partial charge in [0, 0.05) is 11.8 Å². The predicted molar refractivity (Wildman–Crippen MR) is 82.2 cm³/mol. The van der Waals surface area contributed by atoms with Crippen LogP contribution in [0.25, 0.3) is 0 Å². The molecule has 0 radical (unpaired) electrons. The van der Waals surface area contributed by atoms with Gasteiger partial charge in [0.15, 0.2) is 5.16 Å². The maximum Gasteiger partial charge on any atom is 0.307 e. The summed E-state index contributed by atoms with van der Waals surface area (Å²) >= 11 is 1.51. The first-order valence-electron chi connectivity index (χ1n) is 6.60. The van der Waals surface area contributed by atoms with E-state index in [1.807, 2.05) is 42.7 Å². The topological polar surface area (TPSA) is 94.0 Å². The van der Waals surface area contributed by atoms with Gasteiger partial charge < -0.3 is 10.8 Å². The molecule has 3 N–H and O–H groups in total. The lowest BCUT2D eigenvalue weighted by Gasteiger charge is -2.12. The molecule has 0 saturated carbocycles. The molecule has 0 aliphatic heterocycles. The number of carboxylic acids is 1. The fourth-order valence-electron chi connectivity index (χ4n) is 2.05. The summed E-state index contributed by atoms with van der Waals surface area (Å²) in [7, 11) is 0. The highest BCUT2D eigenvalue weighted by molar-refractivity contribution is 7.98. The molecule has 0 fully saturated rings. The monoisotopic (exact) mass is 306 g/mol. The minimum atomic E-state index is -0.831. The first kappa shape index (κ1) is 15.4. The minimum absolute atomic E-state index is 0.0236. The second-order valence-corrected chi connectivity index (χ2v) is 5.87. The van der Waals surface area contributed by atoms with Crippen LogP contribution < -0.4 is 5.73 Å². The minimum Gasteiger partial charge on any atom is -0.481 e. The number of hydrogen-bond donors (Lipinski definition) is 2. The number of thioether (sulfide) groups is 1. The number of benzene rings is 1. The van der Waals surface area contributed by atoms with Gasteiger partial charge in [-0.25, -0.2) is 0 Å². The highest BCUT2D eigenvalue weighted by Crippen LogP contribution is 2.27. The quantitative estimate of drug-likeness (QED) is 0.796. The smallest absolute Gasteiger partial charge is 0.307 e. The van der Waals surface area contributed by atoms with Gasteiger partial charge in [-0.05, 0) is 25.0 Å². The van der Waals surface area contributed by atoms with E-state index in [0.717, 1.165) is 16.3 Å². The summed E-state index contributed by atoms with van der Waals surface area (Å²) in [5.74, 6) is 0.197. The van der Waals surface area contributed by atoms with Crippen molar-refractivity contribution in [3.63, 3.8) is 0 Å². The molecule has 0 unspecified atom stereocenters. The zero-order valence-electron chi connectivity index (χ0n) is 12.0. The van der Waals surface area contributed by atoms with Crippen LogP contribution in [0.2, 0.25) is 0 Å². The van der Waals surface area contributed by atoms with Crippen molar-refractivity contribution in [3.8, 4) is 0 Å². The lowest BCUT2D eigenvalue weighted by molar-refractivity contribution is -0.136. The van der Waals surface area contributed by atoms with Crippen LogP contribution in [0.4, 0.5) is 5.95 Å². The van der Waals surface area contributed by atoms with Crippen LogP contribution in [0.5, 0.6) is 0 Å². The Bertz CT molecular complexity index is 640. The van der Waals surface area contributed by atoms with Crippen LogP contribution in [0.15, 0.2) is 29.4 Å². The Balaban J connectivity index is 2.15. The van der Waals surface area contributed by atoms with Gasteiger partial charge in [-0.3, -0.25) is 9.36 Å². The summed E-state index contributed by atoms with van der Waals surface area (Å²) in [5, 5.41) is 17.7. The number of aromatic nitrogens is 3. The lowest BCUT2D eigenvalue weighted by atomic mass is 10.1. The molecule has 0 spiro atoms. The van der Waals surface area contributed by atoms with E-state index >= 15 is 0 Å². The molecule has 0 saturated heterocycles. The highest BCUT2D eigenvalue weighted by Gasteiger charge is 2.14. The fraction of sp³-hybridized carbons (Fsp3) is 0.357. The molecule has 1 aromatic heterocycles. The maximum atomic E-state index is 10.9. The summed E-state index contributed by atoms with van der Waals surface area (Å²) in [4.78, 5) is 10.9. The van der Waals surface area contributed by atoms with E-state index in [-0.39, 0.29) is 12.5 Å². The van der Waals surface area contributed by atoms with Crippen molar-refractivity contribution in [3.05, 3.63) is 35.4 Å². The molecule has 112 valence electrons. The number of hydrogen-bond acceptors (Lipinski definition) is 5. The van der Waals surface area contributed by atoms with Crippen LogP contribution in [-0.4, -0.2) is 25.8 Å². The fourth-order valence-corrected chi connectivity index (χ4v) is 3.16. The summed E-state index contributed by atoms with van der Waals surface area (Å²) < 4.78 is 1.87. The third-order valence-electron chi connectivity index (χ3n) is 3.02. The molecule has 1 aromatic carbocycles. The predicted octanol–water partition coefficient (Wildman–Crippen LogP) is 2.36. The number of aliphatic carboxylic acids is 1. The van der Waals surface area contributed by atoms with E-state index in [1.54, 1.807) is 0 Å². The SMILES string of the molecule is CC(C)n1c(N)nnc1SCc1ccccc1CC(=O)O. The van der Waals surface area contributed by atoms with E-state index in [2.05, 4.69) is 10.2 Å². The maximum absolute atomic E-state index is 10.9. The third-order valence-corrected chi connectivity index (χ3v) is 4.02. The summed E-state index contributed by atoms with van der Waals surface area (Å²) in [6, 6.07) is 7.71. The second-order valence-electron chi connectivity index (χ2n) is 4.93. The van der Waals surface area contributed by atoms with E-state index < -0.39 is 5.97 Å². The molecule has 0 aliphatic rings. The van der Waals surface area contributed by atoms with E-state index in [0.29, 0.717) is 11.7 Å². The molecule has 0 amide bonds. The average molecular weight is 306 g/mol. The van der Waals surface area contributed by atoms with Gasteiger partial charge in [-0.15, -0.1) is 10.2 Å². The molecule has 2 rings (SSSR count). The van der Waals surface area contributed by atoms with Crippen molar-refractivity contribution in [2.24, 2.45) is 0 Å². The number of rotatable bonds is 6. The van der Waals surface area contributed by atoms with Crippen molar-refractivity contribution >= 4 is 23.7 Å². The van der Waals surface area contributed by atoms with Crippen molar-refractivity contribution in [1.29, 1.82) is 0 Å². The van der Waals surface area contributed by atoms with Crippen molar-refractivity contribution in [2.75, 3.05) is 5.73 Å². The molecule has 0 atom stereocenters. The van der Waals surface area contributed by atoms with E-state index in [9.17, 15) is 4.79 Å². The van der Waals surface area contributed by atoms with Crippen LogP contribution in [0, 0.1) is 0 Å². The molecule has 21 heavy (non-hydrogen) atoms. The molecule has 2 aromatic rings. The Morgan fingerprint density at radius 1 is 1.33 bits per heavy atom. The van der Waals surface area contributed by atoms with E-state index in [1.165, 1.54) is 11.8 Å². The van der Waals surface area contributed by atoms with Crippen molar-refractivity contribution < 1.29 is 9.90 Å². The van der Waals surface area contributed by atoms with Gasteiger partial charge in [-0.1, -0.05) is 36.0 Å². The van der Waals surface area contributed by atoms with Crippen LogP contribution in [0.1, 0.15) is 31.0 Å². The van der Waals surface area contributed by atoms with Gasteiger partial charge in [0.2, 0.25) is 5.95 Å². The van der Waals surface area contributed by atoms with Gasteiger partial charge in [0.05, 0.1) is 6.42 Å². The molecule has 7 heteroatoms. The third kappa shape index (κ3) is 3.75. The first-order chi connectivity index (χ1) is 9.99. The molecule has 1 heterocycles. The summed E-state index contributed by atoms with van der Waals surface area (Å²) in [5.41, 5.74) is 7.61. The largest absolute Gasteiger partial charge is 0.481 e. The Hall–Kier alpha value is -2.02. The Morgan fingerprint density at radius 2 is 2.00 bits per heavy atom. The lowest BCUT2D eigenvalue weighted by Crippen LogP contribution is -2.07. The number of nitrogens with two attached hydrogens (primary N) is 1. The number of carboxylic acid groups (broad SMARTS) is 1. The normalized spacial score (nSPS) is 11.0. The van der Waals surface area contributed by atoms with Crippen molar-refractivity contribution in [1.82, 2.24) is 14.8 Å². The van der Waals surface area contributed by atoms with Gasteiger partial charge in [0.1, 0.15) is 0 Å². The highest BCUT2D eigenvalue weighted by atomic mass is 32.2. The van der Waals surface area contributed by atoms with Crippen LogP contribution in [-0.2, 0) is 17.0 Å². The van der Waals surface area contributed by atoms with Gasteiger partial charge in [-0.2, -0.15) is 0 Å². The standard InChI is InChI=1S/C14H18N4O2S/c1-9(2)18-13(15)16-17-14(18)21-8-11-6-4-3-5-10(11)7-12(19)20/h3-6,9H,7-8H2,1-2H3,(H2,15,16)(H,19,20). The Labute approximate surface area is 127 Å². The number of nitrogen functional groups attached to an aromatic ring is 1. The number of carbonyl (C=O) groups is 1. The Morgan fingerprint density at radius 3 is 2.62 bits per heavy atom. The van der Waals surface area contributed by atoms with Gasteiger partial charge >= 0.3 is 5.97 Å². The van der Waals surface area contributed by atoms with Crippen LogP contribution in [0.3, 0.4) is 0 Å². The zero-order chi connectivity index (χ0) is 15.4. The second kappa shape index (κ2) is 6.62.